The van der Waals surface area contributed by atoms with Crippen LogP contribution in [0.5, 0.6) is 0 Å². The van der Waals surface area contributed by atoms with Crippen molar-refractivity contribution in [3.63, 3.8) is 0 Å². The first-order chi connectivity index (χ1) is 13.3. The molecule has 28 heavy (non-hydrogen) atoms. The van der Waals surface area contributed by atoms with Gasteiger partial charge < -0.3 is 10.4 Å². The van der Waals surface area contributed by atoms with Gasteiger partial charge in [-0.2, -0.15) is 10.1 Å². The van der Waals surface area contributed by atoms with E-state index in [1.807, 2.05) is 0 Å². The lowest BCUT2D eigenvalue weighted by molar-refractivity contribution is -0.283. The molecular weight excluding hydrogens is 380 g/mol. The Hall–Kier alpha value is -2.28. The van der Waals surface area contributed by atoms with Crippen molar-refractivity contribution >= 4 is 23.9 Å². The van der Waals surface area contributed by atoms with E-state index in [0.717, 1.165) is 10.1 Å². The van der Waals surface area contributed by atoms with E-state index in [-0.39, 0.29) is 38.8 Å². The van der Waals surface area contributed by atoms with Crippen LogP contribution in [0.4, 0.5) is 0 Å². The molecule has 12 heteroatoms. The zero-order chi connectivity index (χ0) is 20.4. The highest BCUT2D eigenvalue weighted by Gasteiger charge is 2.55. The van der Waals surface area contributed by atoms with Crippen LogP contribution in [0.25, 0.3) is 0 Å². The van der Waals surface area contributed by atoms with Crippen LogP contribution in [-0.2, 0) is 38.7 Å². The first-order valence-corrected chi connectivity index (χ1v) is 9.07. The van der Waals surface area contributed by atoms with Gasteiger partial charge in [-0.15, -0.1) is 0 Å². The summed E-state index contributed by atoms with van der Waals surface area (Å²) in [5, 5.41) is 22.1. The van der Waals surface area contributed by atoms with E-state index in [2.05, 4.69) is 19.6 Å². The van der Waals surface area contributed by atoms with Crippen LogP contribution in [0.1, 0.15) is 51.4 Å². The minimum atomic E-state index is -1.54. The Kier molecular flexibility index (Phi) is 5.84. The molecule has 0 aromatic rings. The molecule has 156 valence electrons. The standard InChI is InChI=1S/C16H22N2O10/c19-11-3-4-12(20)26-28-14(22)16(6-2-10-18(16)24)8-7-15(13(21)27-25-11)5-1-9-17(15)23/h23-24H,1-10H2. The second-order valence-corrected chi connectivity index (χ2v) is 7.17. The second-order valence-electron chi connectivity index (χ2n) is 7.17. The number of hydrogen-bond donors (Lipinski definition) is 2. The highest BCUT2D eigenvalue weighted by molar-refractivity contribution is 5.84. The Morgan fingerprint density at radius 1 is 0.643 bits per heavy atom. The molecule has 3 heterocycles. The molecule has 0 aliphatic carbocycles. The predicted octanol–water partition coefficient (Wildman–Crippen LogP) is 0.0108. The monoisotopic (exact) mass is 402 g/mol. The van der Waals surface area contributed by atoms with Gasteiger partial charge in [0.25, 0.3) is 0 Å². The summed E-state index contributed by atoms with van der Waals surface area (Å²) in [5.41, 5.74) is -3.09. The maximum atomic E-state index is 12.6. The molecule has 0 bridgehead atoms. The number of hydrogen-bond acceptors (Lipinski definition) is 12. The largest absolute Gasteiger partial charge is 0.377 e. The van der Waals surface area contributed by atoms with E-state index < -0.39 is 47.8 Å². The molecule has 0 amide bonds. The van der Waals surface area contributed by atoms with Gasteiger partial charge >= 0.3 is 23.9 Å². The SMILES string of the molecule is O=C1CCC(=O)OOC(=O)C2(CCCN2O)CCC2(CCCN2O)C(=O)OO1. The number of hydroxylamine groups is 4. The lowest BCUT2D eigenvalue weighted by atomic mass is 9.83. The smallest absolute Gasteiger partial charge is 0.313 e. The van der Waals surface area contributed by atoms with Gasteiger partial charge in [0.2, 0.25) is 0 Å². The van der Waals surface area contributed by atoms with Crippen LogP contribution >= 0.6 is 0 Å². The number of carbonyl (C=O) groups is 4. The van der Waals surface area contributed by atoms with E-state index in [1.54, 1.807) is 0 Å². The lowest BCUT2D eigenvalue weighted by Crippen LogP contribution is -2.55. The minimum Gasteiger partial charge on any atom is -0.313 e. The lowest BCUT2D eigenvalue weighted by Gasteiger charge is -2.36. The van der Waals surface area contributed by atoms with Crippen molar-refractivity contribution in [3.8, 4) is 0 Å². The van der Waals surface area contributed by atoms with Crippen molar-refractivity contribution in [2.24, 2.45) is 0 Å². The van der Waals surface area contributed by atoms with Gasteiger partial charge in [-0.05, 0) is 38.5 Å². The molecular formula is C16H22N2O10. The van der Waals surface area contributed by atoms with Crippen LogP contribution < -0.4 is 0 Å². The molecule has 3 aliphatic rings. The molecule has 0 saturated carbocycles. The van der Waals surface area contributed by atoms with Crippen molar-refractivity contribution in [2.75, 3.05) is 13.1 Å². The molecule has 12 nitrogen and oxygen atoms in total. The van der Waals surface area contributed by atoms with E-state index in [9.17, 15) is 29.6 Å². The van der Waals surface area contributed by atoms with Crippen LogP contribution in [-0.4, -0.2) is 68.6 Å². The van der Waals surface area contributed by atoms with Crippen LogP contribution in [0.2, 0.25) is 0 Å². The van der Waals surface area contributed by atoms with E-state index in [1.165, 1.54) is 0 Å². The summed E-state index contributed by atoms with van der Waals surface area (Å²) >= 11 is 0. The molecule has 2 N–H and O–H groups in total. The number of carbonyl (C=O) groups excluding carboxylic acids is 4. The summed E-state index contributed by atoms with van der Waals surface area (Å²) in [5.74, 6) is -3.99. The Morgan fingerprint density at radius 2 is 1.04 bits per heavy atom. The predicted molar refractivity (Wildman–Crippen MR) is 83.8 cm³/mol. The van der Waals surface area contributed by atoms with E-state index >= 15 is 0 Å². The molecule has 0 aromatic carbocycles. The zero-order valence-corrected chi connectivity index (χ0v) is 15.1. The second kappa shape index (κ2) is 7.99. The maximum absolute atomic E-state index is 12.6. The summed E-state index contributed by atoms with van der Waals surface area (Å²) in [6.45, 7) is 0.363. The Bertz CT molecular complexity index is 614. The summed E-state index contributed by atoms with van der Waals surface area (Å²) in [4.78, 5) is 66.5. The summed E-state index contributed by atoms with van der Waals surface area (Å²) in [6, 6.07) is 0. The fourth-order valence-corrected chi connectivity index (χ4v) is 3.88. The van der Waals surface area contributed by atoms with Gasteiger partial charge in [0, 0.05) is 13.1 Å². The molecule has 3 fully saturated rings. The van der Waals surface area contributed by atoms with Gasteiger partial charge in [-0.3, -0.25) is 0 Å². The van der Waals surface area contributed by atoms with Crippen molar-refractivity contribution in [2.45, 2.75) is 62.4 Å². The summed E-state index contributed by atoms with van der Waals surface area (Å²) < 4.78 is 0. The van der Waals surface area contributed by atoms with Gasteiger partial charge in [0.05, 0.1) is 12.8 Å². The maximum Gasteiger partial charge on any atom is 0.377 e. The summed E-state index contributed by atoms with van der Waals surface area (Å²) in [6.07, 6.45) is 0.194. The van der Waals surface area contributed by atoms with Crippen molar-refractivity contribution in [1.82, 2.24) is 10.1 Å². The highest BCUT2D eigenvalue weighted by Crippen LogP contribution is 2.40. The normalized spacial score (nSPS) is 34.1. The van der Waals surface area contributed by atoms with Crippen molar-refractivity contribution in [3.05, 3.63) is 0 Å². The summed E-state index contributed by atoms with van der Waals surface area (Å²) in [7, 11) is 0. The topological polar surface area (TPSA) is 152 Å². The quantitative estimate of drug-likeness (QED) is 0.525. The Labute approximate surface area is 159 Å². The molecule has 2 atom stereocenters. The Balaban J connectivity index is 1.89. The molecule has 2 spiro atoms. The molecule has 3 saturated heterocycles. The molecule has 3 aliphatic heterocycles. The fraction of sp³-hybridized carbons (Fsp3) is 0.750. The van der Waals surface area contributed by atoms with Crippen LogP contribution in [0, 0.1) is 0 Å². The van der Waals surface area contributed by atoms with Gasteiger partial charge in [-0.25, -0.2) is 38.7 Å². The van der Waals surface area contributed by atoms with Crippen LogP contribution in [0.3, 0.4) is 0 Å². The average Bonchev–Trinajstić information content (AvgIpc) is 3.24. The van der Waals surface area contributed by atoms with Crippen molar-refractivity contribution < 1.29 is 49.1 Å². The Morgan fingerprint density at radius 3 is 1.36 bits per heavy atom. The minimum absolute atomic E-state index is 0.0972. The van der Waals surface area contributed by atoms with Gasteiger partial charge in [0.1, 0.15) is 11.1 Å². The van der Waals surface area contributed by atoms with Gasteiger partial charge in [-0.1, -0.05) is 0 Å². The molecule has 0 radical (unpaired) electrons. The third-order valence-electron chi connectivity index (χ3n) is 5.57. The van der Waals surface area contributed by atoms with E-state index in [4.69, 9.17) is 0 Å². The first kappa shape index (κ1) is 20.5. The highest BCUT2D eigenvalue weighted by atomic mass is 17.2. The fourth-order valence-electron chi connectivity index (χ4n) is 3.88. The van der Waals surface area contributed by atoms with Crippen molar-refractivity contribution in [1.29, 1.82) is 0 Å². The zero-order valence-electron chi connectivity index (χ0n) is 15.1. The average molecular weight is 402 g/mol. The molecule has 3 rings (SSSR count). The first-order valence-electron chi connectivity index (χ1n) is 9.07. The third kappa shape index (κ3) is 3.68. The van der Waals surface area contributed by atoms with Crippen LogP contribution in [0.15, 0.2) is 0 Å². The number of rotatable bonds is 0. The van der Waals surface area contributed by atoms with E-state index in [0.29, 0.717) is 12.8 Å². The third-order valence-corrected chi connectivity index (χ3v) is 5.57. The molecule has 0 aromatic heterocycles. The number of nitrogens with zero attached hydrogens (tertiary/aromatic N) is 2. The van der Waals surface area contributed by atoms with Gasteiger partial charge in [0.15, 0.2) is 0 Å². The molecule has 2 unspecified atom stereocenters.